The largest absolute Gasteiger partial charge is 0.480 e. The summed E-state index contributed by atoms with van der Waals surface area (Å²) in [6.07, 6.45) is 9.13. The van der Waals surface area contributed by atoms with Gasteiger partial charge in [0.05, 0.1) is 7.11 Å². The van der Waals surface area contributed by atoms with Crippen molar-refractivity contribution < 1.29 is 9.53 Å². The summed E-state index contributed by atoms with van der Waals surface area (Å²) in [5, 5.41) is 3.47. The molecule has 1 aromatic rings. The molecule has 5 nitrogen and oxygen atoms in total. The van der Waals surface area contributed by atoms with Crippen molar-refractivity contribution in [1.29, 1.82) is 0 Å². The molecular weight excluding hydrogens is 350 g/mol. The van der Waals surface area contributed by atoms with Crippen molar-refractivity contribution in [2.75, 3.05) is 33.3 Å². The van der Waals surface area contributed by atoms with E-state index < -0.39 is 0 Å². The molecule has 0 atom stereocenters. The minimum Gasteiger partial charge on any atom is -0.480 e. The van der Waals surface area contributed by atoms with Crippen molar-refractivity contribution in [1.82, 2.24) is 15.2 Å². The highest BCUT2D eigenvalue weighted by Crippen LogP contribution is 2.40. The topological polar surface area (TPSA) is 54.5 Å². The predicted octanol–water partition coefficient (Wildman–Crippen LogP) is 3.00. The smallest absolute Gasteiger partial charge is 0.259 e. The maximum atomic E-state index is 13.2. The SMILES string of the molecule is COc1nc2c(cc1C(=O)N1CCCC3(CCNCC3)CC1)CCC2.Cl. The number of likely N-dealkylation sites (tertiary alicyclic amines) is 1. The van der Waals surface area contributed by atoms with Gasteiger partial charge in [0.25, 0.3) is 5.91 Å². The van der Waals surface area contributed by atoms with Gasteiger partial charge in [-0.25, -0.2) is 4.98 Å². The highest BCUT2D eigenvalue weighted by atomic mass is 35.5. The summed E-state index contributed by atoms with van der Waals surface area (Å²) in [6, 6.07) is 2.04. The van der Waals surface area contributed by atoms with Crippen LogP contribution in [0.1, 0.15) is 60.1 Å². The van der Waals surface area contributed by atoms with Crippen LogP contribution < -0.4 is 10.1 Å². The molecule has 2 fully saturated rings. The number of ether oxygens (including phenoxy) is 1. The lowest BCUT2D eigenvalue weighted by atomic mass is 9.73. The van der Waals surface area contributed by atoms with Gasteiger partial charge in [0.1, 0.15) is 5.56 Å². The lowest BCUT2D eigenvalue weighted by molar-refractivity contribution is 0.0746. The lowest BCUT2D eigenvalue weighted by Crippen LogP contribution is -2.38. The Morgan fingerprint density at radius 1 is 1.15 bits per heavy atom. The van der Waals surface area contributed by atoms with E-state index in [1.807, 2.05) is 11.0 Å². The summed E-state index contributed by atoms with van der Waals surface area (Å²) in [7, 11) is 1.62. The maximum Gasteiger partial charge on any atom is 0.259 e. The zero-order valence-electron chi connectivity index (χ0n) is 15.7. The molecule has 0 bridgehead atoms. The van der Waals surface area contributed by atoms with Crippen molar-refractivity contribution in [3.05, 3.63) is 22.9 Å². The van der Waals surface area contributed by atoms with Gasteiger partial charge in [-0.3, -0.25) is 4.79 Å². The summed E-state index contributed by atoms with van der Waals surface area (Å²) >= 11 is 0. The monoisotopic (exact) mass is 379 g/mol. The van der Waals surface area contributed by atoms with Gasteiger partial charge < -0.3 is 15.0 Å². The van der Waals surface area contributed by atoms with E-state index >= 15 is 0 Å². The fourth-order valence-corrected chi connectivity index (χ4v) is 4.85. The first kappa shape index (κ1) is 19.4. The molecule has 0 aromatic carbocycles. The number of aromatic nitrogens is 1. The standard InChI is InChI=1S/C20H29N3O2.ClH/c1-25-18-16(14-15-4-2-5-17(15)22-18)19(24)23-12-3-6-20(9-13-23)7-10-21-11-8-20;/h14,21H,2-13H2,1H3;1H. The van der Waals surface area contributed by atoms with Crippen LogP contribution in [0.2, 0.25) is 0 Å². The number of carbonyl (C=O) groups excluding carboxylic acids is 1. The molecule has 3 heterocycles. The van der Waals surface area contributed by atoms with Crippen molar-refractivity contribution >= 4 is 18.3 Å². The quantitative estimate of drug-likeness (QED) is 0.858. The van der Waals surface area contributed by atoms with Crippen molar-refractivity contribution in [3.8, 4) is 5.88 Å². The van der Waals surface area contributed by atoms with E-state index in [0.717, 1.165) is 64.0 Å². The first-order valence-electron chi connectivity index (χ1n) is 9.78. The number of piperidine rings is 1. The average molecular weight is 380 g/mol. The first-order chi connectivity index (χ1) is 12.2. The number of rotatable bonds is 2. The molecule has 2 saturated heterocycles. The summed E-state index contributed by atoms with van der Waals surface area (Å²) in [4.78, 5) is 19.9. The third kappa shape index (κ3) is 3.70. The van der Waals surface area contributed by atoms with Crippen LogP contribution in [0.25, 0.3) is 0 Å². The van der Waals surface area contributed by atoms with E-state index in [2.05, 4.69) is 10.3 Å². The lowest BCUT2D eigenvalue weighted by Gasteiger charge is -2.37. The van der Waals surface area contributed by atoms with Crippen LogP contribution >= 0.6 is 12.4 Å². The average Bonchev–Trinajstić information content (AvgIpc) is 3.01. The van der Waals surface area contributed by atoms with Gasteiger partial charge in [0.2, 0.25) is 5.88 Å². The second-order valence-electron chi connectivity index (χ2n) is 7.90. The van der Waals surface area contributed by atoms with Crippen LogP contribution in [0.3, 0.4) is 0 Å². The first-order valence-corrected chi connectivity index (χ1v) is 9.78. The number of nitrogens with zero attached hydrogens (tertiary/aromatic N) is 2. The van der Waals surface area contributed by atoms with Gasteiger partial charge >= 0.3 is 0 Å². The van der Waals surface area contributed by atoms with Crippen LogP contribution in [0, 0.1) is 5.41 Å². The van der Waals surface area contributed by atoms with E-state index in [0.29, 0.717) is 16.9 Å². The summed E-state index contributed by atoms with van der Waals surface area (Å²) in [6.45, 7) is 3.96. The molecule has 4 rings (SSSR count). The van der Waals surface area contributed by atoms with Crippen LogP contribution in [0.5, 0.6) is 5.88 Å². The van der Waals surface area contributed by atoms with Gasteiger partial charge in [-0.05, 0) is 81.5 Å². The Kier molecular flexibility index (Phi) is 6.08. The Morgan fingerprint density at radius 2 is 1.96 bits per heavy atom. The molecule has 1 spiro atoms. The molecule has 0 saturated carbocycles. The minimum atomic E-state index is 0. The van der Waals surface area contributed by atoms with Gasteiger partial charge in [0, 0.05) is 18.8 Å². The third-order valence-corrected chi connectivity index (χ3v) is 6.44. The number of aryl methyl sites for hydroxylation is 2. The summed E-state index contributed by atoms with van der Waals surface area (Å²) < 4.78 is 5.46. The number of methoxy groups -OCH3 is 1. The molecule has 3 aliphatic rings. The number of hydrogen-bond acceptors (Lipinski definition) is 4. The molecule has 1 amide bonds. The summed E-state index contributed by atoms with van der Waals surface area (Å²) in [5.41, 5.74) is 3.44. The summed E-state index contributed by atoms with van der Waals surface area (Å²) in [5.74, 6) is 0.608. The molecule has 1 aliphatic carbocycles. The Labute approximate surface area is 162 Å². The molecule has 2 aliphatic heterocycles. The van der Waals surface area contributed by atoms with Gasteiger partial charge in [-0.1, -0.05) is 0 Å². The fraction of sp³-hybridized carbons (Fsp3) is 0.700. The number of fused-ring (bicyclic) bond motifs is 1. The zero-order valence-corrected chi connectivity index (χ0v) is 16.5. The number of amides is 1. The van der Waals surface area contributed by atoms with E-state index in [1.165, 1.54) is 24.8 Å². The van der Waals surface area contributed by atoms with Crippen molar-refractivity contribution in [2.24, 2.45) is 5.41 Å². The minimum absolute atomic E-state index is 0. The second kappa shape index (κ2) is 8.13. The Morgan fingerprint density at radius 3 is 2.73 bits per heavy atom. The number of carbonyl (C=O) groups is 1. The Bertz CT molecular complexity index is 659. The molecule has 26 heavy (non-hydrogen) atoms. The molecule has 6 heteroatoms. The maximum absolute atomic E-state index is 13.2. The van der Waals surface area contributed by atoms with E-state index in [4.69, 9.17) is 4.74 Å². The van der Waals surface area contributed by atoms with Gasteiger partial charge in [-0.15, -0.1) is 12.4 Å². The second-order valence-corrected chi connectivity index (χ2v) is 7.90. The molecular formula is C20H30ClN3O2. The van der Waals surface area contributed by atoms with E-state index in [9.17, 15) is 4.79 Å². The van der Waals surface area contributed by atoms with Crippen LogP contribution in [0.15, 0.2) is 6.07 Å². The van der Waals surface area contributed by atoms with E-state index in [1.54, 1.807) is 7.11 Å². The molecule has 1 aromatic heterocycles. The van der Waals surface area contributed by atoms with E-state index in [-0.39, 0.29) is 18.3 Å². The molecule has 0 radical (unpaired) electrons. The number of halogens is 1. The number of nitrogens with one attached hydrogen (secondary N) is 1. The molecule has 0 unspecified atom stereocenters. The third-order valence-electron chi connectivity index (χ3n) is 6.44. The number of hydrogen-bond donors (Lipinski definition) is 1. The Balaban J connectivity index is 0.00000196. The molecule has 1 N–H and O–H groups in total. The fourth-order valence-electron chi connectivity index (χ4n) is 4.85. The Hall–Kier alpha value is -1.33. The normalized spacial score (nSPS) is 21.7. The predicted molar refractivity (Wildman–Crippen MR) is 104 cm³/mol. The molecule has 144 valence electrons. The number of pyridine rings is 1. The highest BCUT2D eigenvalue weighted by molar-refractivity contribution is 5.96. The van der Waals surface area contributed by atoms with Gasteiger partial charge in [0.15, 0.2) is 0 Å². The van der Waals surface area contributed by atoms with Gasteiger partial charge in [-0.2, -0.15) is 0 Å². The van der Waals surface area contributed by atoms with Crippen LogP contribution in [-0.2, 0) is 12.8 Å². The zero-order chi connectivity index (χ0) is 17.3. The van der Waals surface area contributed by atoms with Crippen LogP contribution in [-0.4, -0.2) is 49.1 Å². The van der Waals surface area contributed by atoms with Crippen LogP contribution in [0.4, 0.5) is 0 Å². The van der Waals surface area contributed by atoms with Crippen molar-refractivity contribution in [3.63, 3.8) is 0 Å². The highest BCUT2D eigenvalue weighted by Gasteiger charge is 2.35. The van der Waals surface area contributed by atoms with Crippen molar-refractivity contribution in [2.45, 2.75) is 51.4 Å².